The molecule has 0 bridgehead atoms. The van der Waals surface area contributed by atoms with Crippen LogP contribution >= 0.6 is 24.0 Å². The number of benzene rings is 1. The zero-order chi connectivity index (χ0) is 21.0. The van der Waals surface area contributed by atoms with E-state index in [9.17, 15) is 0 Å². The molecule has 0 spiro atoms. The second-order valence-electron chi connectivity index (χ2n) is 7.64. The summed E-state index contributed by atoms with van der Waals surface area (Å²) in [6.45, 7) is 6.77. The van der Waals surface area contributed by atoms with Gasteiger partial charge in [-0.15, -0.1) is 24.0 Å². The third kappa shape index (κ3) is 8.29. The van der Waals surface area contributed by atoms with Gasteiger partial charge < -0.3 is 15.4 Å². The minimum Gasteiger partial charge on any atom is -0.497 e. The van der Waals surface area contributed by atoms with Gasteiger partial charge in [-0.25, -0.2) is 0 Å². The molecule has 31 heavy (non-hydrogen) atoms. The number of likely N-dealkylation sites (tertiary alicyclic amines) is 1. The van der Waals surface area contributed by atoms with Gasteiger partial charge in [0.1, 0.15) is 5.75 Å². The number of nitrogens with one attached hydrogen (secondary N) is 2. The molecule has 0 radical (unpaired) electrons. The summed E-state index contributed by atoms with van der Waals surface area (Å²) in [6.07, 6.45) is 8.50. The van der Waals surface area contributed by atoms with Crippen LogP contribution in [0.1, 0.15) is 43.4 Å². The fourth-order valence-corrected chi connectivity index (χ4v) is 3.88. The van der Waals surface area contributed by atoms with Crippen LogP contribution < -0.4 is 15.4 Å². The van der Waals surface area contributed by atoms with E-state index >= 15 is 0 Å². The van der Waals surface area contributed by atoms with Gasteiger partial charge in [0.05, 0.1) is 19.7 Å². The number of halogens is 1. The molecule has 1 fully saturated rings. The molecule has 0 amide bonds. The number of methoxy groups -OCH3 is 1. The second kappa shape index (κ2) is 14.2. The smallest absolute Gasteiger partial charge is 0.191 e. The number of pyridine rings is 1. The Labute approximate surface area is 203 Å². The third-order valence-electron chi connectivity index (χ3n) is 5.53. The van der Waals surface area contributed by atoms with Crippen molar-refractivity contribution in [2.24, 2.45) is 4.99 Å². The minimum absolute atomic E-state index is 0. The van der Waals surface area contributed by atoms with Crippen LogP contribution in [0.4, 0.5) is 0 Å². The molecule has 1 aliphatic heterocycles. The van der Waals surface area contributed by atoms with Crippen LogP contribution in [0.5, 0.6) is 5.75 Å². The lowest BCUT2D eigenvalue weighted by atomic mass is 10.0. The molecule has 1 aliphatic rings. The summed E-state index contributed by atoms with van der Waals surface area (Å²) < 4.78 is 5.34. The predicted molar refractivity (Wildman–Crippen MR) is 138 cm³/mol. The quantitative estimate of drug-likeness (QED) is 0.288. The number of piperidine rings is 1. The molecule has 2 N–H and O–H groups in total. The number of guanidine groups is 1. The Morgan fingerprint density at radius 1 is 1.13 bits per heavy atom. The molecule has 2 heterocycles. The van der Waals surface area contributed by atoms with E-state index in [1.807, 2.05) is 30.6 Å². The largest absolute Gasteiger partial charge is 0.497 e. The third-order valence-corrected chi connectivity index (χ3v) is 5.53. The summed E-state index contributed by atoms with van der Waals surface area (Å²) in [5.74, 6) is 1.77. The number of nitrogens with zero attached hydrogens (tertiary/aromatic N) is 3. The number of rotatable bonds is 9. The minimum atomic E-state index is 0. The van der Waals surface area contributed by atoms with Crippen LogP contribution in [-0.4, -0.2) is 55.7 Å². The number of ether oxygens (including phenoxy) is 1. The topological polar surface area (TPSA) is 61.8 Å². The van der Waals surface area contributed by atoms with E-state index in [1.54, 1.807) is 7.11 Å². The molecule has 1 aromatic carbocycles. The van der Waals surface area contributed by atoms with E-state index in [2.05, 4.69) is 45.6 Å². The Kier molecular flexibility index (Phi) is 11.7. The zero-order valence-corrected chi connectivity index (χ0v) is 21.0. The standard InChI is InChI=1S/C24H35N5O.HI/c1-3-26-24(27-15-13-20-8-7-14-25-18-20)28-19-23(29-16-5-4-6-17-29)21-9-11-22(30-2)12-10-21;/h7-12,14,18,23H,3-6,13,15-17,19H2,1-2H3,(H2,26,27,28);1H. The van der Waals surface area contributed by atoms with Crippen LogP contribution in [0.15, 0.2) is 53.8 Å². The van der Waals surface area contributed by atoms with Gasteiger partial charge in [0, 0.05) is 25.5 Å². The molecular weight excluding hydrogens is 501 g/mol. The van der Waals surface area contributed by atoms with Crippen molar-refractivity contribution in [1.82, 2.24) is 20.5 Å². The molecule has 0 aliphatic carbocycles. The lowest BCUT2D eigenvalue weighted by Crippen LogP contribution is -2.40. The van der Waals surface area contributed by atoms with Crippen molar-refractivity contribution >= 4 is 29.9 Å². The van der Waals surface area contributed by atoms with E-state index in [1.165, 1.54) is 30.4 Å². The van der Waals surface area contributed by atoms with Gasteiger partial charge >= 0.3 is 0 Å². The van der Waals surface area contributed by atoms with E-state index in [4.69, 9.17) is 9.73 Å². The first-order valence-corrected chi connectivity index (χ1v) is 11.1. The zero-order valence-electron chi connectivity index (χ0n) is 18.7. The van der Waals surface area contributed by atoms with Crippen LogP contribution in [0.3, 0.4) is 0 Å². The van der Waals surface area contributed by atoms with Gasteiger partial charge in [0.25, 0.3) is 0 Å². The summed E-state index contributed by atoms with van der Waals surface area (Å²) in [5.41, 5.74) is 2.53. The Morgan fingerprint density at radius 3 is 2.55 bits per heavy atom. The van der Waals surface area contributed by atoms with Crippen molar-refractivity contribution < 1.29 is 4.74 Å². The fourth-order valence-electron chi connectivity index (χ4n) is 3.88. The first-order valence-electron chi connectivity index (χ1n) is 11.1. The van der Waals surface area contributed by atoms with Crippen LogP contribution in [0.2, 0.25) is 0 Å². The maximum Gasteiger partial charge on any atom is 0.191 e. The highest BCUT2D eigenvalue weighted by atomic mass is 127. The first kappa shape index (κ1) is 25.4. The van der Waals surface area contributed by atoms with Gasteiger partial charge in [0.15, 0.2) is 5.96 Å². The Bertz CT molecular complexity index is 763. The van der Waals surface area contributed by atoms with E-state index < -0.39 is 0 Å². The molecule has 170 valence electrons. The average Bonchev–Trinajstić information content (AvgIpc) is 2.81. The van der Waals surface area contributed by atoms with Gasteiger partial charge in [0.2, 0.25) is 0 Å². The summed E-state index contributed by atoms with van der Waals surface area (Å²) >= 11 is 0. The van der Waals surface area contributed by atoms with E-state index in [0.29, 0.717) is 0 Å². The SMILES string of the molecule is CCNC(=NCC(c1ccc(OC)cc1)N1CCCCC1)NCCc1cccnc1.I. The van der Waals surface area contributed by atoms with Crippen molar-refractivity contribution in [3.63, 3.8) is 0 Å². The van der Waals surface area contributed by atoms with Crippen molar-refractivity contribution in [3.8, 4) is 5.75 Å². The summed E-state index contributed by atoms with van der Waals surface area (Å²) in [6, 6.07) is 12.8. The summed E-state index contributed by atoms with van der Waals surface area (Å²) in [4.78, 5) is 11.7. The van der Waals surface area contributed by atoms with Gasteiger partial charge in [-0.05, 0) is 68.6 Å². The van der Waals surface area contributed by atoms with Crippen molar-refractivity contribution in [2.75, 3.05) is 39.8 Å². The fraction of sp³-hybridized carbons (Fsp3) is 0.500. The van der Waals surface area contributed by atoms with Gasteiger partial charge in [-0.1, -0.05) is 24.6 Å². The maximum absolute atomic E-state index is 5.34. The molecule has 1 atom stereocenters. The lowest BCUT2D eigenvalue weighted by Gasteiger charge is -2.34. The number of aliphatic imine (C=N–C) groups is 1. The highest BCUT2D eigenvalue weighted by molar-refractivity contribution is 14.0. The molecule has 7 heteroatoms. The predicted octanol–water partition coefficient (Wildman–Crippen LogP) is 4.03. The summed E-state index contributed by atoms with van der Waals surface area (Å²) in [7, 11) is 1.71. The summed E-state index contributed by atoms with van der Waals surface area (Å²) in [5, 5.41) is 6.85. The maximum atomic E-state index is 5.34. The van der Waals surface area contributed by atoms with Crippen LogP contribution in [0.25, 0.3) is 0 Å². The van der Waals surface area contributed by atoms with Crippen molar-refractivity contribution in [3.05, 3.63) is 59.9 Å². The molecule has 3 rings (SSSR count). The average molecular weight is 537 g/mol. The molecule has 6 nitrogen and oxygen atoms in total. The molecule has 1 unspecified atom stereocenters. The second-order valence-corrected chi connectivity index (χ2v) is 7.64. The number of hydrogen-bond acceptors (Lipinski definition) is 4. The highest BCUT2D eigenvalue weighted by Crippen LogP contribution is 2.26. The van der Waals surface area contributed by atoms with Gasteiger partial charge in [-0.3, -0.25) is 14.9 Å². The Balaban J connectivity index is 0.00000341. The number of aromatic nitrogens is 1. The lowest BCUT2D eigenvalue weighted by molar-refractivity contribution is 0.167. The van der Waals surface area contributed by atoms with E-state index in [-0.39, 0.29) is 30.0 Å². The molecule has 1 aromatic heterocycles. The molecule has 2 aromatic rings. The van der Waals surface area contributed by atoms with Crippen molar-refractivity contribution in [1.29, 1.82) is 0 Å². The van der Waals surface area contributed by atoms with E-state index in [0.717, 1.165) is 50.9 Å². The molecule has 1 saturated heterocycles. The molecular formula is C24H36IN5O. The number of hydrogen-bond donors (Lipinski definition) is 2. The van der Waals surface area contributed by atoms with Gasteiger partial charge in [-0.2, -0.15) is 0 Å². The Hall–Kier alpha value is -1.87. The van der Waals surface area contributed by atoms with Crippen LogP contribution in [0, 0.1) is 0 Å². The highest BCUT2D eigenvalue weighted by Gasteiger charge is 2.22. The normalized spacial score (nSPS) is 15.6. The Morgan fingerprint density at radius 2 is 1.90 bits per heavy atom. The molecule has 0 saturated carbocycles. The first-order chi connectivity index (χ1) is 14.8. The van der Waals surface area contributed by atoms with Crippen molar-refractivity contribution in [2.45, 2.75) is 38.6 Å². The van der Waals surface area contributed by atoms with Crippen LogP contribution in [-0.2, 0) is 6.42 Å². The monoisotopic (exact) mass is 537 g/mol.